The number of halogens is 1. The van der Waals surface area contributed by atoms with Gasteiger partial charge in [-0.05, 0) is 39.2 Å². The van der Waals surface area contributed by atoms with Crippen LogP contribution >= 0.6 is 15.9 Å². The Morgan fingerprint density at radius 1 is 1.16 bits per heavy atom. The third-order valence-corrected chi connectivity index (χ3v) is 2.87. The first-order chi connectivity index (χ1) is 9.06. The van der Waals surface area contributed by atoms with E-state index in [-0.39, 0.29) is 23.8 Å². The van der Waals surface area contributed by atoms with Crippen molar-refractivity contribution in [1.82, 2.24) is 5.32 Å². The third kappa shape index (κ3) is 3.45. The van der Waals surface area contributed by atoms with Gasteiger partial charge in [0.05, 0.1) is 5.97 Å². The number of carbonyl (C=O) groups excluding carboxylic acids is 2. The third-order valence-electron chi connectivity index (χ3n) is 2.44. The molecule has 0 aliphatic carbocycles. The standard InChI is InChI=1S/C13H10BrNO4/c14-11-6-5-10(19-11)12(16)15-7-8-1-3-9(4-2-8)13(17)18/h1-6H,7H2,(H,15,16)(H,17,18)/p-1. The summed E-state index contributed by atoms with van der Waals surface area (Å²) in [4.78, 5) is 22.2. The fraction of sp³-hybridized carbons (Fsp3) is 0.0769. The molecule has 6 heteroatoms. The van der Waals surface area contributed by atoms with Crippen LogP contribution in [-0.4, -0.2) is 11.9 Å². The molecule has 1 amide bonds. The summed E-state index contributed by atoms with van der Waals surface area (Å²) in [6.07, 6.45) is 0. The highest BCUT2D eigenvalue weighted by atomic mass is 79.9. The summed E-state index contributed by atoms with van der Waals surface area (Å²) in [5, 5.41) is 13.2. The molecule has 1 heterocycles. The van der Waals surface area contributed by atoms with Gasteiger partial charge in [-0.25, -0.2) is 0 Å². The van der Waals surface area contributed by atoms with Crippen LogP contribution in [0.1, 0.15) is 26.5 Å². The molecule has 0 fully saturated rings. The minimum absolute atomic E-state index is 0.102. The maximum absolute atomic E-state index is 11.7. The van der Waals surface area contributed by atoms with E-state index in [1.54, 1.807) is 24.3 Å². The fourth-order valence-corrected chi connectivity index (χ4v) is 1.77. The van der Waals surface area contributed by atoms with Gasteiger partial charge in [-0.3, -0.25) is 4.79 Å². The topological polar surface area (TPSA) is 82.4 Å². The second-order valence-electron chi connectivity index (χ2n) is 3.77. The van der Waals surface area contributed by atoms with Crippen molar-refractivity contribution in [2.75, 3.05) is 0 Å². The van der Waals surface area contributed by atoms with Gasteiger partial charge in [0.2, 0.25) is 0 Å². The van der Waals surface area contributed by atoms with Crippen LogP contribution < -0.4 is 10.4 Å². The molecule has 5 nitrogen and oxygen atoms in total. The first kappa shape index (κ1) is 13.4. The lowest BCUT2D eigenvalue weighted by molar-refractivity contribution is -0.255. The monoisotopic (exact) mass is 322 g/mol. The zero-order valence-electron chi connectivity index (χ0n) is 9.68. The maximum Gasteiger partial charge on any atom is 0.287 e. The van der Waals surface area contributed by atoms with Gasteiger partial charge in [-0.1, -0.05) is 24.3 Å². The predicted molar refractivity (Wildman–Crippen MR) is 68.4 cm³/mol. The zero-order valence-corrected chi connectivity index (χ0v) is 11.3. The Labute approximate surface area is 117 Å². The lowest BCUT2D eigenvalue weighted by Crippen LogP contribution is -2.23. The molecule has 0 aliphatic heterocycles. The molecule has 0 radical (unpaired) electrons. The van der Waals surface area contributed by atoms with Gasteiger partial charge < -0.3 is 19.6 Å². The summed E-state index contributed by atoms with van der Waals surface area (Å²) in [6, 6.07) is 9.27. The Morgan fingerprint density at radius 2 is 1.84 bits per heavy atom. The van der Waals surface area contributed by atoms with E-state index in [4.69, 9.17) is 4.42 Å². The van der Waals surface area contributed by atoms with Gasteiger partial charge in [0.25, 0.3) is 5.91 Å². The molecule has 2 aromatic rings. The molecule has 19 heavy (non-hydrogen) atoms. The minimum atomic E-state index is -1.23. The largest absolute Gasteiger partial charge is 0.545 e. The van der Waals surface area contributed by atoms with Crippen LogP contribution in [0.4, 0.5) is 0 Å². The minimum Gasteiger partial charge on any atom is -0.545 e. The number of furan rings is 1. The molecule has 0 saturated heterocycles. The Hall–Kier alpha value is -2.08. The number of benzene rings is 1. The lowest BCUT2D eigenvalue weighted by atomic mass is 10.1. The van der Waals surface area contributed by atoms with Gasteiger partial charge in [0.1, 0.15) is 0 Å². The van der Waals surface area contributed by atoms with Crippen molar-refractivity contribution in [3.05, 3.63) is 58.0 Å². The molecule has 1 aromatic carbocycles. The van der Waals surface area contributed by atoms with Crippen LogP contribution in [0.3, 0.4) is 0 Å². The molecule has 98 valence electrons. The van der Waals surface area contributed by atoms with E-state index < -0.39 is 5.97 Å². The van der Waals surface area contributed by atoms with E-state index in [0.717, 1.165) is 5.56 Å². The van der Waals surface area contributed by atoms with Crippen molar-refractivity contribution in [2.45, 2.75) is 6.54 Å². The van der Waals surface area contributed by atoms with Gasteiger partial charge in [0.15, 0.2) is 10.4 Å². The lowest BCUT2D eigenvalue weighted by Gasteiger charge is -2.05. The van der Waals surface area contributed by atoms with E-state index in [1.807, 2.05) is 0 Å². The highest BCUT2D eigenvalue weighted by Crippen LogP contribution is 2.14. The second-order valence-corrected chi connectivity index (χ2v) is 4.55. The van der Waals surface area contributed by atoms with E-state index in [9.17, 15) is 14.7 Å². The summed E-state index contributed by atoms with van der Waals surface area (Å²) in [7, 11) is 0. The summed E-state index contributed by atoms with van der Waals surface area (Å²) in [6.45, 7) is 0.282. The molecule has 2 rings (SSSR count). The number of aromatic carboxylic acids is 1. The molecule has 1 aromatic heterocycles. The van der Waals surface area contributed by atoms with Gasteiger partial charge >= 0.3 is 0 Å². The van der Waals surface area contributed by atoms with Crippen LogP contribution in [0.5, 0.6) is 0 Å². The van der Waals surface area contributed by atoms with Crippen LogP contribution in [0.25, 0.3) is 0 Å². The molecular weight excluding hydrogens is 314 g/mol. The summed E-state index contributed by atoms with van der Waals surface area (Å²) < 4.78 is 5.59. The van der Waals surface area contributed by atoms with Gasteiger partial charge in [-0.15, -0.1) is 0 Å². The Balaban J connectivity index is 1.95. The van der Waals surface area contributed by atoms with Crippen molar-refractivity contribution in [3.8, 4) is 0 Å². The summed E-state index contributed by atoms with van der Waals surface area (Å²) in [5.41, 5.74) is 0.883. The van der Waals surface area contributed by atoms with Crippen LogP contribution in [0.15, 0.2) is 45.5 Å². The van der Waals surface area contributed by atoms with E-state index in [0.29, 0.717) is 4.67 Å². The van der Waals surface area contributed by atoms with Crippen LogP contribution in [0.2, 0.25) is 0 Å². The van der Waals surface area contributed by atoms with E-state index in [1.165, 1.54) is 12.1 Å². The number of carbonyl (C=O) groups is 2. The van der Waals surface area contributed by atoms with Crippen molar-refractivity contribution in [2.24, 2.45) is 0 Å². The Morgan fingerprint density at radius 3 is 2.37 bits per heavy atom. The average Bonchev–Trinajstić information content (AvgIpc) is 2.83. The van der Waals surface area contributed by atoms with Crippen molar-refractivity contribution >= 4 is 27.8 Å². The zero-order chi connectivity index (χ0) is 13.8. The van der Waals surface area contributed by atoms with Crippen molar-refractivity contribution in [3.63, 3.8) is 0 Å². The van der Waals surface area contributed by atoms with E-state index in [2.05, 4.69) is 21.2 Å². The summed E-state index contributed by atoms with van der Waals surface area (Å²) in [5.74, 6) is -1.36. The number of nitrogens with one attached hydrogen (secondary N) is 1. The van der Waals surface area contributed by atoms with Gasteiger partial charge in [-0.2, -0.15) is 0 Å². The fourth-order valence-electron chi connectivity index (χ4n) is 1.46. The highest BCUT2D eigenvalue weighted by molar-refractivity contribution is 9.10. The van der Waals surface area contributed by atoms with E-state index >= 15 is 0 Å². The smallest absolute Gasteiger partial charge is 0.287 e. The molecule has 0 atom stereocenters. The first-order valence-electron chi connectivity index (χ1n) is 5.40. The highest BCUT2D eigenvalue weighted by Gasteiger charge is 2.09. The number of hydrogen-bond donors (Lipinski definition) is 1. The van der Waals surface area contributed by atoms with Crippen molar-refractivity contribution in [1.29, 1.82) is 0 Å². The first-order valence-corrected chi connectivity index (χ1v) is 6.19. The van der Waals surface area contributed by atoms with Crippen LogP contribution in [0, 0.1) is 0 Å². The molecule has 0 aliphatic rings. The quantitative estimate of drug-likeness (QED) is 0.920. The molecular formula is C13H9BrNO4-. The molecule has 1 N–H and O–H groups in total. The number of amides is 1. The normalized spacial score (nSPS) is 10.2. The number of rotatable bonds is 4. The van der Waals surface area contributed by atoms with Gasteiger partial charge in [0, 0.05) is 6.54 Å². The van der Waals surface area contributed by atoms with Crippen LogP contribution in [-0.2, 0) is 6.54 Å². The average molecular weight is 323 g/mol. The SMILES string of the molecule is O=C([O-])c1ccc(CNC(=O)c2ccc(Br)o2)cc1. The van der Waals surface area contributed by atoms with Crippen molar-refractivity contribution < 1.29 is 19.1 Å². The number of carboxylic acids is 1. The number of hydrogen-bond acceptors (Lipinski definition) is 4. The Bertz CT molecular complexity index is 603. The molecule has 0 unspecified atom stereocenters. The molecule has 0 bridgehead atoms. The predicted octanol–water partition coefficient (Wildman–Crippen LogP) is 1.34. The molecule has 0 saturated carbocycles. The summed E-state index contributed by atoms with van der Waals surface area (Å²) >= 11 is 3.11. The second kappa shape index (κ2) is 5.71. The maximum atomic E-state index is 11.7. The Kier molecular flexibility index (Phi) is 4.01. The number of carboxylic acid groups (broad SMARTS) is 1. The molecule has 0 spiro atoms.